The minimum atomic E-state index is -4.32. The molecule has 106 valence electrons. The van der Waals surface area contributed by atoms with Gasteiger partial charge < -0.3 is 15.4 Å². The summed E-state index contributed by atoms with van der Waals surface area (Å²) >= 11 is -0.192. The van der Waals surface area contributed by atoms with Gasteiger partial charge in [-0.1, -0.05) is 0 Å². The Labute approximate surface area is 112 Å². The number of carbonyl (C=O) groups excluding carboxylic acids is 1. The van der Waals surface area contributed by atoms with Crippen molar-refractivity contribution in [2.24, 2.45) is 0 Å². The van der Waals surface area contributed by atoms with Crippen molar-refractivity contribution < 1.29 is 22.7 Å². The number of hydrogen-bond donors (Lipinski definition) is 2. The van der Waals surface area contributed by atoms with Gasteiger partial charge in [0.15, 0.2) is 0 Å². The van der Waals surface area contributed by atoms with Gasteiger partial charge in [-0.3, -0.25) is 0 Å². The third kappa shape index (κ3) is 5.84. The van der Waals surface area contributed by atoms with Gasteiger partial charge in [-0.15, -0.1) is 0 Å². The second kappa shape index (κ2) is 6.67. The smallest absolute Gasteiger partial charge is 0.364 e. The fraction of sp³-hybridized carbons (Fsp3) is 0.364. The molecule has 0 aromatic heterocycles. The summed E-state index contributed by atoms with van der Waals surface area (Å²) in [4.78, 5) is 11.4. The molecule has 0 fully saturated rings. The van der Waals surface area contributed by atoms with Gasteiger partial charge in [-0.05, 0) is 42.4 Å². The van der Waals surface area contributed by atoms with Crippen molar-refractivity contribution in [3.05, 3.63) is 23.8 Å². The fourth-order valence-corrected chi connectivity index (χ4v) is 1.92. The Hall–Kier alpha value is -1.41. The number of ether oxygens (including phenoxy) is 1. The van der Waals surface area contributed by atoms with Crippen molar-refractivity contribution in [3.63, 3.8) is 0 Å². The maximum absolute atomic E-state index is 12.2. The molecule has 2 N–H and O–H groups in total. The number of methoxy groups -OCH3 is 1. The average Bonchev–Trinajstić information content (AvgIpc) is 2.28. The molecule has 0 aliphatic heterocycles. The maximum atomic E-state index is 12.2. The highest BCUT2D eigenvalue weighted by atomic mass is 32.2. The first kappa shape index (κ1) is 15.6. The molecule has 0 unspecified atom stereocenters. The third-order valence-electron chi connectivity index (χ3n) is 2.06. The van der Waals surface area contributed by atoms with Crippen LogP contribution in [0.1, 0.15) is 5.56 Å². The van der Waals surface area contributed by atoms with E-state index < -0.39 is 11.5 Å². The molecular weight excluding hydrogens is 281 g/mol. The van der Waals surface area contributed by atoms with E-state index in [0.717, 1.165) is 0 Å². The Balaban J connectivity index is 2.69. The summed E-state index contributed by atoms with van der Waals surface area (Å²) in [6, 6.07) is 3.61. The Kier molecular flexibility index (Phi) is 5.49. The molecule has 4 nitrogen and oxygen atoms in total. The van der Waals surface area contributed by atoms with E-state index in [1.165, 1.54) is 25.3 Å². The number of rotatable bonds is 4. The molecule has 0 saturated carbocycles. The summed E-state index contributed by atoms with van der Waals surface area (Å²) < 4.78 is 41.2. The highest BCUT2D eigenvalue weighted by Gasteiger charge is 2.29. The topological polar surface area (TPSA) is 50.4 Å². The molecule has 1 aromatic carbocycles. The van der Waals surface area contributed by atoms with Gasteiger partial charge in [0.05, 0.1) is 0 Å². The van der Waals surface area contributed by atoms with Gasteiger partial charge in [0.1, 0.15) is 6.73 Å². The summed E-state index contributed by atoms with van der Waals surface area (Å²) in [5.74, 6) is 0. The van der Waals surface area contributed by atoms with Crippen LogP contribution in [-0.2, 0) is 4.74 Å². The molecule has 0 saturated heterocycles. The van der Waals surface area contributed by atoms with Crippen molar-refractivity contribution in [3.8, 4) is 0 Å². The molecule has 19 heavy (non-hydrogen) atoms. The van der Waals surface area contributed by atoms with Gasteiger partial charge in [0.2, 0.25) is 0 Å². The number of nitrogens with one attached hydrogen (secondary N) is 2. The van der Waals surface area contributed by atoms with Gasteiger partial charge in [0.25, 0.3) is 0 Å². The zero-order valence-corrected chi connectivity index (χ0v) is 11.1. The van der Waals surface area contributed by atoms with Gasteiger partial charge >= 0.3 is 11.5 Å². The first-order valence-corrected chi connectivity index (χ1v) is 6.03. The van der Waals surface area contributed by atoms with E-state index in [2.05, 4.69) is 15.4 Å². The summed E-state index contributed by atoms with van der Waals surface area (Å²) in [6.45, 7) is 1.67. The van der Waals surface area contributed by atoms with E-state index in [1.807, 2.05) is 0 Å². The Morgan fingerprint density at radius 3 is 2.63 bits per heavy atom. The molecule has 0 radical (unpaired) electrons. The lowest BCUT2D eigenvalue weighted by atomic mass is 10.2. The van der Waals surface area contributed by atoms with Crippen LogP contribution >= 0.6 is 11.8 Å². The van der Waals surface area contributed by atoms with Crippen LogP contribution in [0.2, 0.25) is 0 Å². The molecule has 0 atom stereocenters. The SMILES string of the molecule is COCNC(=O)Nc1ccc(SC(F)(F)F)cc1C. The Morgan fingerprint density at radius 1 is 1.42 bits per heavy atom. The van der Waals surface area contributed by atoms with Crippen molar-refractivity contribution in [1.82, 2.24) is 5.32 Å². The summed E-state index contributed by atoms with van der Waals surface area (Å²) in [5.41, 5.74) is -3.33. The van der Waals surface area contributed by atoms with Crippen LogP contribution in [0.15, 0.2) is 23.1 Å². The third-order valence-corrected chi connectivity index (χ3v) is 2.78. The summed E-state index contributed by atoms with van der Waals surface area (Å²) in [7, 11) is 1.43. The second-order valence-corrected chi connectivity index (χ2v) is 4.73. The van der Waals surface area contributed by atoms with Crippen LogP contribution in [0, 0.1) is 6.92 Å². The Morgan fingerprint density at radius 2 is 2.11 bits per heavy atom. The van der Waals surface area contributed by atoms with E-state index in [0.29, 0.717) is 11.3 Å². The average molecular weight is 294 g/mol. The number of hydrogen-bond acceptors (Lipinski definition) is 3. The number of amides is 2. The zero-order chi connectivity index (χ0) is 14.5. The Bertz CT molecular complexity index is 452. The maximum Gasteiger partial charge on any atom is 0.446 e. The first-order valence-electron chi connectivity index (χ1n) is 5.22. The number of carbonyl (C=O) groups is 1. The van der Waals surface area contributed by atoms with Crippen LogP contribution < -0.4 is 10.6 Å². The lowest BCUT2D eigenvalue weighted by Gasteiger charge is -2.11. The molecule has 1 aromatic rings. The predicted molar refractivity (Wildman–Crippen MR) is 67.1 cm³/mol. The van der Waals surface area contributed by atoms with Gasteiger partial charge in [0, 0.05) is 17.7 Å². The van der Waals surface area contributed by atoms with E-state index in [9.17, 15) is 18.0 Å². The number of aryl methyl sites for hydroxylation is 1. The highest BCUT2D eigenvalue weighted by molar-refractivity contribution is 8.00. The largest absolute Gasteiger partial charge is 0.446 e. The minimum Gasteiger partial charge on any atom is -0.364 e. The number of anilines is 1. The number of benzene rings is 1. The predicted octanol–water partition coefficient (Wildman–Crippen LogP) is 3.33. The van der Waals surface area contributed by atoms with Crippen LogP contribution in [0.3, 0.4) is 0 Å². The molecule has 0 heterocycles. The van der Waals surface area contributed by atoms with E-state index in [-0.39, 0.29) is 23.4 Å². The first-order chi connectivity index (χ1) is 8.81. The van der Waals surface area contributed by atoms with Crippen LogP contribution in [0.4, 0.5) is 23.7 Å². The number of alkyl halides is 3. The highest BCUT2D eigenvalue weighted by Crippen LogP contribution is 2.37. The fourth-order valence-electron chi connectivity index (χ4n) is 1.28. The van der Waals surface area contributed by atoms with Crippen LogP contribution in [0.5, 0.6) is 0 Å². The van der Waals surface area contributed by atoms with Crippen molar-refractivity contribution in [2.45, 2.75) is 17.3 Å². The molecular formula is C11H13F3N2O2S. The zero-order valence-electron chi connectivity index (χ0n) is 10.3. The molecule has 0 aliphatic carbocycles. The molecule has 1 rings (SSSR count). The molecule has 0 bridgehead atoms. The van der Waals surface area contributed by atoms with Crippen LogP contribution in [-0.4, -0.2) is 25.4 Å². The van der Waals surface area contributed by atoms with Crippen molar-refractivity contribution in [1.29, 1.82) is 0 Å². The summed E-state index contributed by atoms with van der Waals surface area (Å²) in [6.07, 6.45) is 0. The molecule has 2 amide bonds. The van der Waals surface area contributed by atoms with E-state index in [4.69, 9.17) is 0 Å². The number of thioether (sulfide) groups is 1. The van der Waals surface area contributed by atoms with Crippen molar-refractivity contribution in [2.75, 3.05) is 19.2 Å². The quantitative estimate of drug-likeness (QED) is 0.661. The monoisotopic (exact) mass is 294 g/mol. The van der Waals surface area contributed by atoms with Crippen molar-refractivity contribution >= 4 is 23.5 Å². The van der Waals surface area contributed by atoms with E-state index in [1.54, 1.807) is 6.92 Å². The molecule has 0 spiro atoms. The van der Waals surface area contributed by atoms with Crippen LogP contribution in [0.25, 0.3) is 0 Å². The molecule has 0 aliphatic rings. The molecule has 8 heteroatoms. The second-order valence-electron chi connectivity index (χ2n) is 3.59. The lowest BCUT2D eigenvalue weighted by Crippen LogP contribution is -2.30. The lowest BCUT2D eigenvalue weighted by molar-refractivity contribution is -0.0328. The summed E-state index contributed by atoms with van der Waals surface area (Å²) in [5, 5.41) is 4.92. The van der Waals surface area contributed by atoms with Gasteiger partial charge in [-0.25, -0.2) is 4.79 Å². The minimum absolute atomic E-state index is 0.0485. The standard InChI is InChI=1S/C11H13F3N2O2S/c1-7-5-8(19-11(12,13)14)3-4-9(7)16-10(17)15-6-18-2/h3-5H,6H2,1-2H3,(H2,15,16,17). The normalized spacial score (nSPS) is 11.2. The number of halogens is 3. The number of urea groups is 1. The van der Waals surface area contributed by atoms with E-state index >= 15 is 0 Å². The van der Waals surface area contributed by atoms with Gasteiger partial charge in [-0.2, -0.15) is 13.2 Å².